The van der Waals surface area contributed by atoms with E-state index >= 15 is 0 Å². The van der Waals surface area contributed by atoms with Crippen LogP contribution in [-0.4, -0.2) is 24.0 Å². The highest BCUT2D eigenvalue weighted by Crippen LogP contribution is 2.16. The van der Waals surface area contributed by atoms with Crippen molar-refractivity contribution in [3.05, 3.63) is 23.7 Å². The molecule has 1 aromatic rings. The summed E-state index contributed by atoms with van der Waals surface area (Å²) >= 11 is 1.32. The number of anilines is 1. The molecule has 0 aliphatic heterocycles. The van der Waals surface area contributed by atoms with Crippen molar-refractivity contribution in [2.24, 2.45) is 0 Å². The third kappa shape index (κ3) is 2.56. The number of carbonyl (C=O) groups excluding carboxylic acids is 1. The molecule has 2 N–H and O–H groups in total. The van der Waals surface area contributed by atoms with Gasteiger partial charge >= 0.3 is 0 Å². The van der Waals surface area contributed by atoms with Crippen LogP contribution in [0.3, 0.4) is 0 Å². The van der Waals surface area contributed by atoms with Gasteiger partial charge in [-0.3, -0.25) is 4.79 Å². The number of nitrogens with one attached hydrogen (secondary N) is 2. The quantitative estimate of drug-likeness (QED) is 0.742. The van der Waals surface area contributed by atoms with E-state index in [9.17, 15) is 4.79 Å². The van der Waals surface area contributed by atoms with Gasteiger partial charge in [0.25, 0.3) is 5.91 Å². The summed E-state index contributed by atoms with van der Waals surface area (Å²) in [6.07, 6.45) is 3.24. The number of nitrogens with zero attached hydrogens (tertiary/aromatic N) is 1. The Morgan fingerprint density at radius 1 is 1.79 bits per heavy atom. The van der Waals surface area contributed by atoms with Crippen LogP contribution in [0.5, 0.6) is 0 Å². The average Bonchev–Trinajstić information content (AvgIpc) is 2.65. The Morgan fingerprint density at radius 3 is 3.00 bits per heavy atom. The van der Waals surface area contributed by atoms with Crippen LogP contribution in [-0.2, 0) is 0 Å². The zero-order valence-electron chi connectivity index (χ0n) is 8.20. The summed E-state index contributed by atoms with van der Waals surface area (Å²) in [6, 6.07) is -0.0253. The molecule has 0 aliphatic carbocycles. The summed E-state index contributed by atoms with van der Waals surface area (Å²) in [7, 11) is 1.77. The second-order valence-corrected chi connectivity index (χ2v) is 3.81. The number of thiazole rings is 1. The van der Waals surface area contributed by atoms with Gasteiger partial charge in [-0.1, -0.05) is 17.4 Å². The molecule has 0 aromatic carbocycles. The van der Waals surface area contributed by atoms with Crippen molar-refractivity contribution in [3.63, 3.8) is 0 Å². The topological polar surface area (TPSA) is 54.0 Å². The first kappa shape index (κ1) is 10.7. The molecule has 4 nitrogen and oxygen atoms in total. The lowest BCUT2D eigenvalue weighted by molar-refractivity contribution is 0.0951. The number of hydrogen-bond donors (Lipinski definition) is 2. The van der Waals surface area contributed by atoms with E-state index in [1.807, 2.05) is 6.92 Å². The van der Waals surface area contributed by atoms with Crippen LogP contribution in [0.25, 0.3) is 0 Å². The van der Waals surface area contributed by atoms with Crippen LogP contribution in [0.2, 0.25) is 0 Å². The minimum absolute atomic E-state index is 0.0253. The third-order valence-corrected chi connectivity index (χ3v) is 2.67. The molecule has 14 heavy (non-hydrogen) atoms. The van der Waals surface area contributed by atoms with Gasteiger partial charge in [0.05, 0.1) is 6.20 Å². The second kappa shape index (κ2) is 4.76. The van der Waals surface area contributed by atoms with Crippen molar-refractivity contribution in [2.45, 2.75) is 13.0 Å². The second-order valence-electron chi connectivity index (χ2n) is 2.78. The van der Waals surface area contributed by atoms with Gasteiger partial charge < -0.3 is 10.6 Å². The lowest BCUT2D eigenvalue weighted by Crippen LogP contribution is -2.30. The summed E-state index contributed by atoms with van der Waals surface area (Å²) in [5, 5.41) is 6.38. The molecule has 0 spiro atoms. The van der Waals surface area contributed by atoms with Crippen LogP contribution in [0.15, 0.2) is 18.9 Å². The predicted octanol–water partition coefficient (Wildman–Crippen LogP) is 1.49. The molecule has 0 saturated carbocycles. The number of aromatic nitrogens is 1. The minimum atomic E-state index is -0.114. The van der Waals surface area contributed by atoms with Crippen LogP contribution >= 0.6 is 11.3 Å². The number of amides is 1. The van der Waals surface area contributed by atoms with Gasteiger partial charge in [-0.05, 0) is 6.92 Å². The first-order chi connectivity index (χ1) is 6.67. The summed E-state index contributed by atoms with van der Waals surface area (Å²) in [6.45, 7) is 5.46. The summed E-state index contributed by atoms with van der Waals surface area (Å²) < 4.78 is 0. The molecule has 1 unspecified atom stereocenters. The highest BCUT2D eigenvalue weighted by Gasteiger charge is 2.10. The molecule has 1 heterocycles. The zero-order chi connectivity index (χ0) is 10.6. The van der Waals surface area contributed by atoms with Gasteiger partial charge in [-0.15, -0.1) is 6.58 Å². The fourth-order valence-electron chi connectivity index (χ4n) is 0.832. The molecule has 0 saturated heterocycles. The van der Waals surface area contributed by atoms with Crippen molar-refractivity contribution in [2.75, 3.05) is 12.4 Å². The first-order valence-corrected chi connectivity index (χ1v) is 5.06. The van der Waals surface area contributed by atoms with Gasteiger partial charge in [-0.2, -0.15) is 0 Å². The van der Waals surface area contributed by atoms with E-state index in [4.69, 9.17) is 0 Å². The molecular formula is C9H13N3OS. The lowest BCUT2D eigenvalue weighted by atomic mass is 10.3. The molecular weight excluding hydrogens is 198 g/mol. The minimum Gasteiger partial charge on any atom is -0.365 e. The highest BCUT2D eigenvalue weighted by atomic mass is 32.1. The van der Waals surface area contributed by atoms with E-state index in [0.717, 1.165) is 5.13 Å². The van der Waals surface area contributed by atoms with E-state index in [1.165, 1.54) is 11.3 Å². The van der Waals surface area contributed by atoms with Crippen molar-refractivity contribution >= 4 is 22.4 Å². The summed E-state index contributed by atoms with van der Waals surface area (Å²) in [5.41, 5.74) is 0. The van der Waals surface area contributed by atoms with Crippen LogP contribution in [0.1, 0.15) is 16.6 Å². The Kier molecular flexibility index (Phi) is 3.64. The predicted molar refractivity (Wildman–Crippen MR) is 58.8 cm³/mol. The van der Waals surface area contributed by atoms with E-state index in [2.05, 4.69) is 22.2 Å². The molecule has 0 bridgehead atoms. The molecule has 5 heteroatoms. The standard InChI is InChI=1S/C9H13N3OS/c1-4-6(2)12-8(13)7-5-11-9(10-3)14-7/h4-6H,1H2,2-3H3,(H,10,11)(H,12,13). The van der Waals surface area contributed by atoms with Crippen LogP contribution < -0.4 is 10.6 Å². The molecule has 0 radical (unpaired) electrons. The molecule has 0 aliphatic rings. The van der Waals surface area contributed by atoms with Crippen molar-refractivity contribution in [1.29, 1.82) is 0 Å². The fraction of sp³-hybridized carbons (Fsp3) is 0.333. The molecule has 1 aromatic heterocycles. The molecule has 76 valence electrons. The van der Waals surface area contributed by atoms with Gasteiger partial charge in [0.15, 0.2) is 5.13 Å². The van der Waals surface area contributed by atoms with Gasteiger partial charge in [0, 0.05) is 13.1 Å². The smallest absolute Gasteiger partial charge is 0.263 e. The van der Waals surface area contributed by atoms with E-state index < -0.39 is 0 Å². The largest absolute Gasteiger partial charge is 0.365 e. The van der Waals surface area contributed by atoms with Crippen molar-refractivity contribution < 1.29 is 4.79 Å². The highest BCUT2D eigenvalue weighted by molar-refractivity contribution is 7.17. The Balaban J connectivity index is 2.64. The maximum absolute atomic E-state index is 11.5. The first-order valence-electron chi connectivity index (χ1n) is 4.24. The normalized spacial score (nSPS) is 11.9. The SMILES string of the molecule is C=CC(C)NC(=O)c1cnc(NC)s1. The van der Waals surface area contributed by atoms with Gasteiger partial charge in [0.1, 0.15) is 4.88 Å². The van der Waals surface area contributed by atoms with Crippen LogP contribution in [0.4, 0.5) is 5.13 Å². The molecule has 1 rings (SSSR count). The maximum atomic E-state index is 11.5. The fourth-order valence-corrected chi connectivity index (χ4v) is 1.50. The average molecular weight is 211 g/mol. The summed E-state index contributed by atoms with van der Waals surface area (Å²) in [4.78, 5) is 16.1. The van der Waals surface area contributed by atoms with Gasteiger partial charge in [-0.25, -0.2) is 4.98 Å². The molecule has 0 fully saturated rings. The zero-order valence-corrected chi connectivity index (χ0v) is 9.02. The molecule has 1 amide bonds. The number of carbonyl (C=O) groups is 1. The Labute approximate surface area is 87.1 Å². The molecule has 1 atom stereocenters. The Morgan fingerprint density at radius 2 is 2.50 bits per heavy atom. The monoisotopic (exact) mass is 211 g/mol. The number of hydrogen-bond acceptors (Lipinski definition) is 4. The van der Waals surface area contributed by atoms with E-state index in [-0.39, 0.29) is 11.9 Å². The third-order valence-electron chi connectivity index (χ3n) is 1.66. The lowest BCUT2D eigenvalue weighted by Gasteiger charge is -2.06. The van der Waals surface area contributed by atoms with Gasteiger partial charge in [0.2, 0.25) is 0 Å². The number of rotatable bonds is 4. The van der Waals surface area contributed by atoms with Crippen molar-refractivity contribution in [3.8, 4) is 0 Å². The van der Waals surface area contributed by atoms with E-state index in [1.54, 1.807) is 19.3 Å². The maximum Gasteiger partial charge on any atom is 0.263 e. The van der Waals surface area contributed by atoms with Crippen molar-refractivity contribution in [1.82, 2.24) is 10.3 Å². The van der Waals surface area contributed by atoms with E-state index in [0.29, 0.717) is 4.88 Å². The summed E-state index contributed by atoms with van der Waals surface area (Å²) in [5.74, 6) is -0.114. The Hall–Kier alpha value is -1.36. The Bertz CT molecular complexity index is 335. The van der Waals surface area contributed by atoms with Crippen LogP contribution in [0, 0.1) is 0 Å².